The summed E-state index contributed by atoms with van der Waals surface area (Å²) in [4.78, 5) is 18.7. The molecule has 0 spiro atoms. The van der Waals surface area contributed by atoms with E-state index in [0.717, 1.165) is 16.7 Å². The summed E-state index contributed by atoms with van der Waals surface area (Å²) in [5.74, 6) is 0. The maximum atomic E-state index is 11.6. The van der Waals surface area contributed by atoms with Crippen LogP contribution in [0.1, 0.15) is 23.6 Å². The van der Waals surface area contributed by atoms with E-state index in [-0.39, 0.29) is 12.7 Å². The van der Waals surface area contributed by atoms with Crippen LogP contribution in [0.2, 0.25) is 15.1 Å². The van der Waals surface area contributed by atoms with Gasteiger partial charge in [0.05, 0.1) is 28.8 Å². The van der Waals surface area contributed by atoms with Crippen molar-refractivity contribution in [2.45, 2.75) is 20.1 Å². The van der Waals surface area contributed by atoms with E-state index < -0.39 is 0 Å². The van der Waals surface area contributed by atoms with Gasteiger partial charge in [-0.05, 0) is 47.9 Å². The van der Waals surface area contributed by atoms with Gasteiger partial charge in [-0.1, -0.05) is 52.1 Å². The summed E-state index contributed by atoms with van der Waals surface area (Å²) in [7, 11) is 0. The molecule has 0 radical (unpaired) electrons. The van der Waals surface area contributed by atoms with E-state index >= 15 is 0 Å². The number of cyclic esters (lactones) is 1. The van der Waals surface area contributed by atoms with Crippen molar-refractivity contribution in [2.75, 3.05) is 13.2 Å². The van der Waals surface area contributed by atoms with Crippen molar-refractivity contribution >= 4 is 46.6 Å². The normalized spacial score (nSPS) is 14.4. The summed E-state index contributed by atoms with van der Waals surface area (Å²) in [5.41, 5.74) is 3.24. The second-order valence-corrected chi connectivity index (χ2v) is 7.26. The molecule has 0 aromatic heterocycles. The van der Waals surface area contributed by atoms with E-state index in [9.17, 15) is 4.79 Å². The molecule has 1 heterocycles. The second-order valence-electron chi connectivity index (χ2n) is 6.04. The molecule has 0 bridgehead atoms. The lowest BCUT2D eigenvalue weighted by molar-refractivity contribution is 0.130. The minimum atomic E-state index is -0.327. The Kier molecular flexibility index (Phi) is 6.47. The molecule has 1 amide bonds. The first kappa shape index (κ1) is 19.8. The van der Waals surface area contributed by atoms with Crippen LogP contribution in [0, 0.1) is 0 Å². The number of hydrogen-bond acceptors (Lipinski definition) is 4. The molecule has 2 aromatic carbocycles. The van der Waals surface area contributed by atoms with Gasteiger partial charge in [-0.25, -0.2) is 4.79 Å². The zero-order valence-corrected chi connectivity index (χ0v) is 16.8. The number of hydrogen-bond donors (Lipinski definition) is 0. The second kappa shape index (κ2) is 8.83. The van der Waals surface area contributed by atoms with E-state index in [4.69, 9.17) is 44.4 Å². The van der Waals surface area contributed by atoms with Crippen LogP contribution in [-0.4, -0.2) is 29.9 Å². The Bertz CT molecular complexity index is 886. The molecule has 142 valence electrons. The fourth-order valence-electron chi connectivity index (χ4n) is 2.58. The van der Waals surface area contributed by atoms with Crippen LogP contribution in [0.5, 0.6) is 0 Å². The van der Waals surface area contributed by atoms with E-state index in [2.05, 4.69) is 5.16 Å². The summed E-state index contributed by atoms with van der Waals surface area (Å²) in [5, 5.41) is 5.71. The number of ether oxygens (including phenoxy) is 1. The molecular weight excluding hydrogens is 411 g/mol. The SMILES string of the molecule is CC(=NOCc1ccc(Cl)c(Cl)c1)c1ccc(Cl)c(CN2CCOC2=O)c1. The maximum absolute atomic E-state index is 11.6. The van der Waals surface area contributed by atoms with Gasteiger partial charge in [-0.3, -0.25) is 0 Å². The fraction of sp³-hybridized carbons (Fsp3) is 0.263. The van der Waals surface area contributed by atoms with Gasteiger partial charge in [0, 0.05) is 5.02 Å². The molecule has 1 fully saturated rings. The number of carbonyl (C=O) groups excluding carboxylic acids is 1. The van der Waals surface area contributed by atoms with E-state index in [1.807, 2.05) is 25.1 Å². The molecule has 27 heavy (non-hydrogen) atoms. The maximum Gasteiger partial charge on any atom is 0.410 e. The predicted octanol–water partition coefficient (Wildman–Crippen LogP) is 5.54. The standard InChI is InChI=1S/C19H17Cl3N2O3/c1-12(23-27-11-13-2-4-17(21)18(22)8-13)14-3-5-16(20)15(9-14)10-24-6-7-26-19(24)25/h2-5,8-9H,6-7,10-11H2,1H3. The lowest BCUT2D eigenvalue weighted by atomic mass is 10.1. The smallest absolute Gasteiger partial charge is 0.410 e. The zero-order chi connectivity index (χ0) is 19.4. The van der Waals surface area contributed by atoms with Crippen molar-refractivity contribution in [1.29, 1.82) is 0 Å². The Morgan fingerprint density at radius 2 is 1.93 bits per heavy atom. The third kappa shape index (κ3) is 5.06. The van der Waals surface area contributed by atoms with Crippen LogP contribution in [0.4, 0.5) is 4.79 Å². The Labute approximate surface area is 172 Å². The molecule has 8 heteroatoms. The van der Waals surface area contributed by atoms with Crippen LogP contribution in [0.3, 0.4) is 0 Å². The number of nitrogens with zero attached hydrogens (tertiary/aromatic N) is 2. The van der Waals surface area contributed by atoms with Crippen molar-refractivity contribution in [3.63, 3.8) is 0 Å². The number of amides is 1. The number of halogens is 3. The Balaban J connectivity index is 1.67. The molecule has 0 unspecified atom stereocenters. The van der Waals surface area contributed by atoms with Gasteiger partial charge in [0.25, 0.3) is 0 Å². The number of carbonyl (C=O) groups is 1. The Hall–Kier alpha value is -1.95. The lowest BCUT2D eigenvalue weighted by Gasteiger charge is -2.14. The van der Waals surface area contributed by atoms with Gasteiger partial charge in [-0.2, -0.15) is 0 Å². The average molecular weight is 428 g/mol. The topological polar surface area (TPSA) is 51.1 Å². The first-order valence-corrected chi connectivity index (χ1v) is 9.38. The van der Waals surface area contributed by atoms with Crippen LogP contribution in [0.25, 0.3) is 0 Å². The lowest BCUT2D eigenvalue weighted by Crippen LogP contribution is -2.23. The monoisotopic (exact) mass is 426 g/mol. The molecule has 1 aliphatic heterocycles. The number of benzene rings is 2. The molecule has 5 nitrogen and oxygen atoms in total. The van der Waals surface area contributed by atoms with Gasteiger partial charge in [-0.15, -0.1) is 0 Å². The molecule has 0 atom stereocenters. The number of rotatable bonds is 6. The highest BCUT2D eigenvalue weighted by molar-refractivity contribution is 6.42. The van der Waals surface area contributed by atoms with Crippen molar-refractivity contribution < 1.29 is 14.4 Å². The minimum Gasteiger partial charge on any atom is -0.448 e. The van der Waals surface area contributed by atoms with E-state index in [1.165, 1.54) is 0 Å². The summed E-state index contributed by atoms with van der Waals surface area (Å²) in [6, 6.07) is 10.8. The highest BCUT2D eigenvalue weighted by Crippen LogP contribution is 2.23. The van der Waals surface area contributed by atoms with Crippen molar-refractivity contribution in [1.82, 2.24) is 4.90 Å². The molecular formula is C19H17Cl3N2O3. The van der Waals surface area contributed by atoms with Crippen molar-refractivity contribution in [2.24, 2.45) is 5.16 Å². The quantitative estimate of drug-likeness (QED) is 0.449. The summed E-state index contributed by atoms with van der Waals surface area (Å²) >= 11 is 18.2. The van der Waals surface area contributed by atoms with Crippen LogP contribution < -0.4 is 0 Å². The predicted molar refractivity (Wildman–Crippen MR) is 107 cm³/mol. The van der Waals surface area contributed by atoms with Crippen molar-refractivity contribution in [3.8, 4) is 0 Å². The first-order chi connectivity index (χ1) is 12.9. The van der Waals surface area contributed by atoms with E-state index in [1.54, 1.807) is 23.1 Å². The molecule has 0 N–H and O–H groups in total. The highest BCUT2D eigenvalue weighted by atomic mass is 35.5. The summed E-state index contributed by atoms with van der Waals surface area (Å²) in [6.07, 6.45) is -0.327. The van der Waals surface area contributed by atoms with Crippen molar-refractivity contribution in [3.05, 3.63) is 68.2 Å². The van der Waals surface area contributed by atoms with Gasteiger partial charge in [0.1, 0.15) is 13.2 Å². The molecule has 3 rings (SSSR count). The zero-order valence-electron chi connectivity index (χ0n) is 14.5. The van der Waals surface area contributed by atoms with E-state index in [0.29, 0.717) is 40.5 Å². The largest absolute Gasteiger partial charge is 0.448 e. The Morgan fingerprint density at radius 3 is 2.63 bits per heavy atom. The highest BCUT2D eigenvalue weighted by Gasteiger charge is 2.22. The van der Waals surface area contributed by atoms with Crippen LogP contribution in [0.15, 0.2) is 41.6 Å². The van der Waals surface area contributed by atoms with Crippen LogP contribution in [-0.2, 0) is 22.7 Å². The fourth-order valence-corrected chi connectivity index (χ4v) is 3.08. The van der Waals surface area contributed by atoms with Crippen LogP contribution >= 0.6 is 34.8 Å². The Morgan fingerprint density at radius 1 is 1.15 bits per heavy atom. The first-order valence-electron chi connectivity index (χ1n) is 8.25. The van der Waals surface area contributed by atoms with Gasteiger partial charge in [0.15, 0.2) is 0 Å². The molecule has 1 saturated heterocycles. The third-order valence-electron chi connectivity index (χ3n) is 4.09. The molecule has 1 aliphatic rings. The molecule has 0 aliphatic carbocycles. The minimum absolute atomic E-state index is 0.272. The third-order valence-corrected chi connectivity index (χ3v) is 5.19. The number of oxime groups is 1. The van der Waals surface area contributed by atoms with Gasteiger partial charge < -0.3 is 14.5 Å². The van der Waals surface area contributed by atoms with Gasteiger partial charge >= 0.3 is 6.09 Å². The molecule has 0 saturated carbocycles. The summed E-state index contributed by atoms with van der Waals surface area (Å²) in [6.45, 7) is 3.46. The summed E-state index contributed by atoms with van der Waals surface area (Å²) < 4.78 is 4.95. The molecule has 2 aromatic rings. The van der Waals surface area contributed by atoms with Gasteiger partial charge in [0.2, 0.25) is 0 Å². The average Bonchev–Trinajstić information content (AvgIpc) is 3.04.